The van der Waals surface area contributed by atoms with Crippen molar-refractivity contribution in [2.45, 2.75) is 23.6 Å². The van der Waals surface area contributed by atoms with Crippen LogP contribution < -0.4 is 133 Å². The number of anilines is 1. The molecule has 4 aromatic rings. The van der Waals surface area contributed by atoms with E-state index in [1.807, 2.05) is 0 Å². The van der Waals surface area contributed by atoms with E-state index in [-0.39, 0.29) is 163 Å². The number of benzene rings is 3. The zero-order valence-electron chi connectivity index (χ0n) is 27.6. The van der Waals surface area contributed by atoms with Crippen LogP contribution in [0.1, 0.15) is 29.3 Å². The Balaban J connectivity index is 0.00000217. The molecule has 2 heterocycles. The molecule has 0 spiro atoms. The number of nitrogens with zero attached hydrogens (tertiary/aromatic N) is 4. The first kappa shape index (κ1) is 44.7. The standard InChI is InChI=1S/C30H22N4O10S2.4Na/c1-15-23(28(35)33(31-15)17-7-11-19(12-8-17)45(39,40)41)25-21-5-3-4-6-22(21)26(27(25)30(37)38)24-16(2)32-34(29(24)36)18-9-13-20(14-10-18)46(42,43)44;;;;/h3-14,35H,1-2H3,(H,37,38)(H,39,40,41)(H,42,43,44);;;;/q;4*+1/p-4. The number of carbonyl (C=O) groups excluding carboxylic acids is 2. The van der Waals surface area contributed by atoms with Crippen molar-refractivity contribution in [3.63, 3.8) is 0 Å². The molecule has 50 heavy (non-hydrogen) atoms. The molecule has 234 valence electrons. The molecular formula is C30H18N4Na4O10S2. The molecule has 0 radical (unpaired) electrons. The molecule has 0 saturated heterocycles. The molecule has 1 aliphatic carbocycles. The molecule has 2 aliphatic rings. The summed E-state index contributed by atoms with van der Waals surface area (Å²) < 4.78 is 69.0. The minimum atomic E-state index is -4.75. The number of amides is 1. The number of hydrogen-bond acceptors (Lipinski definition) is 12. The van der Waals surface area contributed by atoms with Crippen LogP contribution in [0.15, 0.2) is 98.8 Å². The van der Waals surface area contributed by atoms with Crippen LogP contribution in [0, 0.1) is 6.92 Å². The smallest absolute Gasteiger partial charge is 0.858 e. The number of rotatable bonds is 6. The number of carboxylic acid groups (broad SMARTS) is 1. The van der Waals surface area contributed by atoms with E-state index in [4.69, 9.17) is 0 Å². The predicted molar refractivity (Wildman–Crippen MR) is 155 cm³/mol. The number of hydrazone groups is 1. The summed E-state index contributed by atoms with van der Waals surface area (Å²) in [6, 6.07) is 15.2. The second-order valence-electron chi connectivity index (χ2n) is 10.2. The van der Waals surface area contributed by atoms with Crippen molar-refractivity contribution in [1.82, 2.24) is 9.78 Å². The van der Waals surface area contributed by atoms with Crippen LogP contribution in [-0.4, -0.2) is 53.3 Å². The Hall–Kier alpha value is -1.42. The predicted octanol–water partition coefficient (Wildman–Crippen LogP) is -11.2. The molecule has 1 aliphatic heterocycles. The van der Waals surface area contributed by atoms with Gasteiger partial charge in [0, 0.05) is 22.3 Å². The minimum Gasteiger partial charge on any atom is -0.858 e. The summed E-state index contributed by atoms with van der Waals surface area (Å²) in [6.07, 6.45) is 0. The Morgan fingerprint density at radius 2 is 1.16 bits per heavy atom. The van der Waals surface area contributed by atoms with E-state index in [1.165, 1.54) is 38.1 Å². The number of carboxylic acids is 1. The zero-order valence-corrected chi connectivity index (χ0v) is 37.2. The fraction of sp³-hybridized carbons (Fsp3) is 0.0667. The average molecular weight is 751 g/mol. The molecule has 0 unspecified atom stereocenters. The first-order valence-corrected chi connectivity index (χ1v) is 16.0. The molecule has 1 amide bonds. The second-order valence-corrected chi connectivity index (χ2v) is 13.0. The van der Waals surface area contributed by atoms with Gasteiger partial charge in [0.25, 0.3) is 5.91 Å². The van der Waals surface area contributed by atoms with Gasteiger partial charge in [0.2, 0.25) is 0 Å². The van der Waals surface area contributed by atoms with Gasteiger partial charge < -0.3 is 24.1 Å². The van der Waals surface area contributed by atoms with Crippen molar-refractivity contribution in [3.8, 4) is 11.6 Å². The number of aromatic nitrogens is 2. The summed E-state index contributed by atoms with van der Waals surface area (Å²) in [5.74, 6) is -3.22. The van der Waals surface area contributed by atoms with Gasteiger partial charge in [0.05, 0.1) is 44.1 Å². The molecular weight excluding hydrogens is 732 g/mol. The van der Waals surface area contributed by atoms with Gasteiger partial charge in [0.15, 0.2) is 0 Å². The Morgan fingerprint density at radius 1 is 0.700 bits per heavy atom. The molecule has 0 saturated carbocycles. The van der Waals surface area contributed by atoms with E-state index in [0.29, 0.717) is 11.1 Å². The van der Waals surface area contributed by atoms with Gasteiger partial charge in [-0.3, -0.25) is 4.79 Å². The van der Waals surface area contributed by atoms with Gasteiger partial charge in [-0.05, 0) is 79.4 Å². The average Bonchev–Trinajstić information content (AvgIpc) is 3.59. The molecule has 6 rings (SSSR count). The number of hydrogen-bond donors (Lipinski definition) is 0. The first-order valence-electron chi connectivity index (χ1n) is 13.2. The van der Waals surface area contributed by atoms with Gasteiger partial charge in [-0.25, -0.2) is 21.5 Å². The van der Waals surface area contributed by atoms with Crippen LogP contribution in [0.4, 0.5) is 5.69 Å². The monoisotopic (exact) mass is 750 g/mol. The molecule has 0 atom stereocenters. The van der Waals surface area contributed by atoms with E-state index in [0.717, 1.165) is 34.0 Å². The van der Waals surface area contributed by atoms with Gasteiger partial charge in [-0.2, -0.15) is 15.2 Å². The largest absolute Gasteiger partial charge is 1.00 e. The Labute approximate surface area is 375 Å². The first-order chi connectivity index (χ1) is 21.6. The summed E-state index contributed by atoms with van der Waals surface area (Å²) in [6.45, 7) is 2.94. The van der Waals surface area contributed by atoms with Crippen molar-refractivity contribution in [3.05, 3.63) is 106 Å². The van der Waals surface area contributed by atoms with Gasteiger partial charge in [-0.1, -0.05) is 24.3 Å². The topological polar surface area (TPSA) is 228 Å². The molecule has 0 N–H and O–H groups in total. The number of aryl methyl sites for hydroxylation is 1. The van der Waals surface area contributed by atoms with Crippen molar-refractivity contribution in [2.75, 3.05) is 5.01 Å². The Bertz CT molecular complexity index is 2340. The maximum Gasteiger partial charge on any atom is 1.00 e. The number of fused-ring (bicyclic) bond motifs is 1. The molecule has 14 nitrogen and oxygen atoms in total. The van der Waals surface area contributed by atoms with Crippen molar-refractivity contribution >= 4 is 54.7 Å². The SMILES string of the molecule is CC1=NN(c2ccc(S(=O)(=O)[O-])cc2)C(=O)C1=C1C(C(=O)[O-])=C(c2c(C)nn(-c3ccc(S(=O)(=O)[O-])cc3)c2[O-])c2ccccc21.[Na+].[Na+].[Na+].[Na+]. The quantitative estimate of drug-likeness (QED) is 0.102. The third-order valence-corrected chi connectivity index (χ3v) is 9.14. The van der Waals surface area contributed by atoms with Gasteiger partial charge >= 0.3 is 118 Å². The summed E-state index contributed by atoms with van der Waals surface area (Å²) >= 11 is 0. The van der Waals surface area contributed by atoms with Crippen molar-refractivity contribution in [1.29, 1.82) is 0 Å². The Kier molecular flexibility index (Phi) is 15.0. The molecule has 20 heteroatoms. The normalized spacial score (nSPS) is 15.3. The summed E-state index contributed by atoms with van der Waals surface area (Å²) in [5.41, 5.74) is 0.188. The maximum absolute atomic E-state index is 13.8. The third-order valence-electron chi connectivity index (χ3n) is 7.45. The van der Waals surface area contributed by atoms with E-state index in [1.54, 1.807) is 24.3 Å². The number of carbonyl (C=O) groups is 2. The second kappa shape index (κ2) is 16.7. The van der Waals surface area contributed by atoms with Crippen LogP contribution >= 0.6 is 0 Å². The van der Waals surface area contributed by atoms with E-state index >= 15 is 0 Å². The third kappa shape index (κ3) is 8.06. The van der Waals surface area contributed by atoms with Crippen LogP contribution in [0.5, 0.6) is 5.88 Å². The van der Waals surface area contributed by atoms with Crippen LogP contribution in [0.3, 0.4) is 0 Å². The summed E-state index contributed by atoms with van der Waals surface area (Å²) in [5, 5.41) is 36.2. The van der Waals surface area contributed by atoms with Crippen molar-refractivity contribution in [2.24, 2.45) is 5.10 Å². The van der Waals surface area contributed by atoms with E-state index in [2.05, 4.69) is 10.2 Å². The summed E-state index contributed by atoms with van der Waals surface area (Å²) in [7, 11) is -9.50. The fourth-order valence-corrected chi connectivity index (χ4v) is 6.42. The van der Waals surface area contributed by atoms with E-state index in [9.17, 15) is 45.7 Å². The van der Waals surface area contributed by atoms with Crippen LogP contribution in [0.25, 0.3) is 16.8 Å². The summed E-state index contributed by atoms with van der Waals surface area (Å²) in [4.78, 5) is 25.7. The molecule has 3 aromatic carbocycles. The minimum absolute atomic E-state index is 0. The van der Waals surface area contributed by atoms with Crippen LogP contribution in [-0.2, 0) is 29.8 Å². The zero-order chi connectivity index (χ0) is 33.3. The maximum atomic E-state index is 13.8. The number of aliphatic carboxylic acids is 1. The molecule has 0 fully saturated rings. The molecule has 0 bridgehead atoms. The molecule has 1 aromatic heterocycles. The Morgan fingerprint density at radius 3 is 1.62 bits per heavy atom. The van der Waals surface area contributed by atoms with Crippen molar-refractivity contribution < 1.29 is 164 Å². The van der Waals surface area contributed by atoms with Gasteiger partial charge in [-0.15, -0.1) is 0 Å². The van der Waals surface area contributed by atoms with Gasteiger partial charge in [0.1, 0.15) is 20.2 Å². The fourth-order valence-electron chi connectivity index (χ4n) is 5.48. The van der Waals surface area contributed by atoms with E-state index < -0.39 is 53.4 Å². The van der Waals surface area contributed by atoms with Crippen LogP contribution in [0.2, 0.25) is 0 Å².